The van der Waals surface area contributed by atoms with Gasteiger partial charge >= 0.3 is 0 Å². The maximum atomic E-state index is 5.11. The molecule has 1 heterocycles. The smallest absolute Gasteiger partial charge is 0.119 e. The number of thiazole rings is 1. The highest BCUT2D eigenvalue weighted by molar-refractivity contribution is 7.09. The van der Waals surface area contributed by atoms with Crippen molar-refractivity contribution in [3.63, 3.8) is 0 Å². The predicted molar refractivity (Wildman–Crippen MR) is 71.8 cm³/mol. The van der Waals surface area contributed by atoms with E-state index in [2.05, 4.69) is 22.6 Å². The third kappa shape index (κ3) is 3.20. The van der Waals surface area contributed by atoms with Crippen LogP contribution in [0, 0.1) is 0 Å². The molecule has 0 saturated carbocycles. The topological polar surface area (TPSA) is 34.2 Å². The van der Waals surface area contributed by atoms with Crippen LogP contribution in [0.4, 0.5) is 5.69 Å². The Morgan fingerprint density at radius 1 is 1.29 bits per heavy atom. The van der Waals surface area contributed by atoms with Crippen LogP contribution >= 0.6 is 11.3 Å². The average Bonchev–Trinajstić information content (AvgIpc) is 2.85. The lowest BCUT2D eigenvalue weighted by atomic mass is 10.3. The summed E-state index contributed by atoms with van der Waals surface area (Å²) in [5.74, 6) is 0.873. The summed E-state index contributed by atoms with van der Waals surface area (Å²) in [6, 6.07) is 7.90. The lowest BCUT2D eigenvalue weighted by Crippen LogP contribution is -1.99. The molecule has 2 aromatic rings. The van der Waals surface area contributed by atoms with Gasteiger partial charge in [0.15, 0.2) is 0 Å². The number of aryl methyl sites for hydroxylation is 1. The third-order valence-corrected chi connectivity index (χ3v) is 3.51. The Bertz CT molecular complexity index is 465. The van der Waals surface area contributed by atoms with Crippen molar-refractivity contribution in [1.29, 1.82) is 0 Å². The van der Waals surface area contributed by atoms with Gasteiger partial charge in [0.25, 0.3) is 0 Å². The van der Waals surface area contributed by atoms with Crippen LogP contribution < -0.4 is 10.1 Å². The summed E-state index contributed by atoms with van der Waals surface area (Å²) in [5, 5.41) is 6.64. The summed E-state index contributed by atoms with van der Waals surface area (Å²) in [6.45, 7) is 2.89. The van der Waals surface area contributed by atoms with Crippen LogP contribution in [0.1, 0.15) is 17.6 Å². The normalized spacial score (nSPS) is 10.2. The van der Waals surface area contributed by atoms with Gasteiger partial charge in [-0.05, 0) is 30.7 Å². The molecule has 0 aliphatic heterocycles. The summed E-state index contributed by atoms with van der Waals surface area (Å²) in [6.07, 6.45) is 1.01. The molecule has 90 valence electrons. The molecular formula is C13H16N2OS. The number of aromatic nitrogens is 1. The van der Waals surface area contributed by atoms with E-state index in [1.165, 1.54) is 5.01 Å². The molecule has 0 bridgehead atoms. The van der Waals surface area contributed by atoms with Crippen molar-refractivity contribution >= 4 is 17.0 Å². The van der Waals surface area contributed by atoms with Gasteiger partial charge < -0.3 is 10.1 Å². The van der Waals surface area contributed by atoms with Gasteiger partial charge in [-0.15, -0.1) is 11.3 Å². The molecule has 0 amide bonds. The van der Waals surface area contributed by atoms with E-state index in [9.17, 15) is 0 Å². The molecule has 4 heteroatoms. The number of benzene rings is 1. The van der Waals surface area contributed by atoms with Crippen LogP contribution in [0.25, 0.3) is 0 Å². The standard InChI is InChI=1S/C13H16N2OS/c1-3-13-15-11(9-17-13)8-14-10-4-6-12(16-2)7-5-10/h4-7,9,14H,3,8H2,1-2H3. The van der Waals surface area contributed by atoms with E-state index in [1.807, 2.05) is 24.3 Å². The van der Waals surface area contributed by atoms with Crippen molar-refractivity contribution in [2.24, 2.45) is 0 Å². The minimum Gasteiger partial charge on any atom is -0.497 e. The van der Waals surface area contributed by atoms with Crippen molar-refractivity contribution in [2.45, 2.75) is 19.9 Å². The summed E-state index contributed by atoms with van der Waals surface area (Å²) in [7, 11) is 1.67. The van der Waals surface area contributed by atoms with Gasteiger partial charge in [-0.1, -0.05) is 6.92 Å². The monoisotopic (exact) mass is 248 g/mol. The summed E-state index contributed by atoms with van der Waals surface area (Å²) in [4.78, 5) is 4.51. The lowest BCUT2D eigenvalue weighted by molar-refractivity contribution is 0.415. The molecule has 0 unspecified atom stereocenters. The molecule has 0 saturated heterocycles. The van der Waals surface area contributed by atoms with E-state index >= 15 is 0 Å². The first kappa shape index (κ1) is 11.9. The van der Waals surface area contributed by atoms with Gasteiger partial charge in [0.1, 0.15) is 5.75 Å². The van der Waals surface area contributed by atoms with E-state index in [0.717, 1.165) is 30.1 Å². The Labute approximate surface area is 105 Å². The van der Waals surface area contributed by atoms with Crippen LogP contribution in [0.3, 0.4) is 0 Å². The van der Waals surface area contributed by atoms with Gasteiger partial charge in [0, 0.05) is 11.1 Å². The quantitative estimate of drug-likeness (QED) is 0.881. The summed E-state index contributed by atoms with van der Waals surface area (Å²) < 4.78 is 5.11. The Morgan fingerprint density at radius 3 is 2.65 bits per heavy atom. The van der Waals surface area contributed by atoms with Crippen molar-refractivity contribution in [3.8, 4) is 5.75 Å². The molecule has 0 atom stereocenters. The molecule has 2 rings (SSSR count). The number of anilines is 1. The molecule has 17 heavy (non-hydrogen) atoms. The second-order valence-electron chi connectivity index (χ2n) is 3.67. The van der Waals surface area contributed by atoms with Crippen LogP contribution in [-0.2, 0) is 13.0 Å². The summed E-state index contributed by atoms with van der Waals surface area (Å²) >= 11 is 1.72. The van der Waals surface area contributed by atoms with Crippen molar-refractivity contribution in [3.05, 3.63) is 40.3 Å². The van der Waals surface area contributed by atoms with E-state index in [4.69, 9.17) is 4.74 Å². The zero-order valence-electron chi connectivity index (χ0n) is 10.1. The molecule has 3 nitrogen and oxygen atoms in total. The number of rotatable bonds is 5. The first-order chi connectivity index (χ1) is 8.31. The van der Waals surface area contributed by atoms with Crippen molar-refractivity contribution in [1.82, 2.24) is 4.98 Å². The van der Waals surface area contributed by atoms with E-state index < -0.39 is 0 Å². The van der Waals surface area contributed by atoms with Gasteiger partial charge in [-0.25, -0.2) is 4.98 Å². The number of hydrogen-bond acceptors (Lipinski definition) is 4. The maximum absolute atomic E-state index is 5.11. The number of nitrogens with one attached hydrogen (secondary N) is 1. The highest BCUT2D eigenvalue weighted by Gasteiger charge is 2.00. The number of hydrogen-bond donors (Lipinski definition) is 1. The molecule has 0 aliphatic carbocycles. The fourth-order valence-corrected chi connectivity index (χ4v) is 2.24. The maximum Gasteiger partial charge on any atom is 0.119 e. The molecule has 0 aliphatic rings. The minimum atomic E-state index is 0.767. The van der Waals surface area contributed by atoms with E-state index in [1.54, 1.807) is 18.4 Å². The van der Waals surface area contributed by atoms with Gasteiger partial charge in [0.05, 0.1) is 24.4 Å². The molecule has 1 N–H and O–H groups in total. The van der Waals surface area contributed by atoms with Gasteiger partial charge in [-0.3, -0.25) is 0 Å². The fourth-order valence-electron chi connectivity index (χ4n) is 1.49. The number of nitrogens with zero attached hydrogens (tertiary/aromatic N) is 1. The molecule has 0 spiro atoms. The SMILES string of the molecule is CCc1nc(CNc2ccc(OC)cc2)cs1. The van der Waals surface area contributed by atoms with E-state index in [0.29, 0.717) is 0 Å². The Hall–Kier alpha value is -1.55. The Kier molecular flexibility index (Phi) is 3.98. The average molecular weight is 248 g/mol. The van der Waals surface area contributed by atoms with Gasteiger partial charge in [0.2, 0.25) is 0 Å². The van der Waals surface area contributed by atoms with Crippen LogP contribution in [0.2, 0.25) is 0 Å². The lowest BCUT2D eigenvalue weighted by Gasteiger charge is -2.05. The zero-order chi connectivity index (χ0) is 12.1. The largest absolute Gasteiger partial charge is 0.497 e. The van der Waals surface area contributed by atoms with Crippen molar-refractivity contribution < 1.29 is 4.74 Å². The fraction of sp³-hybridized carbons (Fsp3) is 0.308. The molecular weight excluding hydrogens is 232 g/mol. The first-order valence-electron chi connectivity index (χ1n) is 5.63. The number of ether oxygens (including phenoxy) is 1. The van der Waals surface area contributed by atoms with Crippen LogP contribution in [0.15, 0.2) is 29.6 Å². The number of methoxy groups -OCH3 is 1. The van der Waals surface area contributed by atoms with Crippen LogP contribution in [0.5, 0.6) is 5.75 Å². The van der Waals surface area contributed by atoms with Gasteiger partial charge in [-0.2, -0.15) is 0 Å². The predicted octanol–water partition coefficient (Wildman–Crippen LogP) is 3.33. The second-order valence-corrected chi connectivity index (χ2v) is 4.61. The highest BCUT2D eigenvalue weighted by atomic mass is 32.1. The molecule has 1 aromatic carbocycles. The van der Waals surface area contributed by atoms with Crippen LogP contribution in [-0.4, -0.2) is 12.1 Å². The Morgan fingerprint density at radius 2 is 2.06 bits per heavy atom. The first-order valence-corrected chi connectivity index (χ1v) is 6.51. The van der Waals surface area contributed by atoms with E-state index in [-0.39, 0.29) is 0 Å². The Balaban J connectivity index is 1.92. The third-order valence-electron chi connectivity index (χ3n) is 2.47. The summed E-state index contributed by atoms with van der Waals surface area (Å²) in [5.41, 5.74) is 2.18. The minimum absolute atomic E-state index is 0.767. The second kappa shape index (κ2) is 5.68. The highest BCUT2D eigenvalue weighted by Crippen LogP contribution is 2.16. The van der Waals surface area contributed by atoms with Crippen molar-refractivity contribution in [2.75, 3.05) is 12.4 Å². The zero-order valence-corrected chi connectivity index (χ0v) is 10.9. The molecule has 0 radical (unpaired) electrons. The molecule has 1 aromatic heterocycles. The molecule has 0 fully saturated rings.